The topological polar surface area (TPSA) is 73.4 Å². The zero-order chi connectivity index (χ0) is 24.9. The van der Waals surface area contributed by atoms with Crippen LogP contribution in [0.2, 0.25) is 5.02 Å². The van der Waals surface area contributed by atoms with E-state index in [9.17, 15) is 4.79 Å². The van der Waals surface area contributed by atoms with Gasteiger partial charge in [-0.1, -0.05) is 23.7 Å². The van der Waals surface area contributed by atoms with Crippen LogP contribution in [-0.4, -0.2) is 45.3 Å². The fourth-order valence-corrected chi connectivity index (χ4v) is 4.61. The first-order valence-corrected chi connectivity index (χ1v) is 11.8. The summed E-state index contributed by atoms with van der Waals surface area (Å²) in [5.41, 5.74) is 5.33. The van der Waals surface area contributed by atoms with Crippen molar-refractivity contribution in [1.29, 1.82) is 0 Å². The molecule has 5 rings (SSSR count). The number of carbonyl (C=O) groups excluding carboxylic acids is 1. The van der Waals surface area contributed by atoms with Gasteiger partial charge >= 0.3 is 0 Å². The quantitative estimate of drug-likeness (QED) is 0.360. The second-order valence-electron chi connectivity index (χ2n) is 9.62. The molecule has 0 spiro atoms. The number of fused-ring (bicyclic) bond motifs is 3. The van der Waals surface area contributed by atoms with Crippen molar-refractivity contribution in [2.75, 3.05) is 14.2 Å². The Labute approximate surface area is 209 Å². The summed E-state index contributed by atoms with van der Waals surface area (Å²) < 4.78 is 13.1. The second kappa shape index (κ2) is 8.57. The summed E-state index contributed by atoms with van der Waals surface area (Å²) in [7, 11) is 3.45. The minimum atomic E-state index is -0.351. The van der Waals surface area contributed by atoms with Gasteiger partial charge < -0.3 is 14.1 Å². The summed E-state index contributed by atoms with van der Waals surface area (Å²) >= 11 is 6.61. The number of rotatable bonds is 4. The van der Waals surface area contributed by atoms with Crippen molar-refractivity contribution >= 4 is 17.5 Å². The summed E-state index contributed by atoms with van der Waals surface area (Å²) in [6.07, 6.45) is 4.56. The number of halogens is 1. The highest BCUT2D eigenvalue weighted by molar-refractivity contribution is 6.32. The van der Waals surface area contributed by atoms with Crippen LogP contribution >= 0.6 is 11.6 Å². The zero-order valence-corrected chi connectivity index (χ0v) is 21.2. The van der Waals surface area contributed by atoms with Crippen LogP contribution in [0.5, 0.6) is 5.75 Å². The molecule has 0 aliphatic heterocycles. The van der Waals surface area contributed by atoms with Crippen LogP contribution in [0.25, 0.3) is 28.4 Å². The highest BCUT2D eigenvalue weighted by Gasteiger charge is 2.34. The van der Waals surface area contributed by atoms with E-state index in [1.807, 2.05) is 64.2 Å². The molecule has 2 aromatic carbocycles. The Morgan fingerprint density at radius 1 is 1.17 bits per heavy atom. The van der Waals surface area contributed by atoms with Crippen molar-refractivity contribution < 1.29 is 13.9 Å². The summed E-state index contributed by atoms with van der Waals surface area (Å²) in [6, 6.07) is 11.5. The highest BCUT2D eigenvalue weighted by atomic mass is 35.5. The van der Waals surface area contributed by atoms with Gasteiger partial charge in [-0.05, 0) is 63.4 Å². The number of ether oxygens (including phenoxy) is 1. The number of para-hydroxylation sites is 1. The summed E-state index contributed by atoms with van der Waals surface area (Å²) in [5, 5.41) is 5.41. The molecule has 1 aliphatic rings. The van der Waals surface area contributed by atoms with E-state index in [2.05, 4.69) is 4.98 Å². The number of aryl methyl sites for hydroxylation is 1. The fraction of sp³-hybridized carbons (Fsp3) is 0.296. The minimum Gasteiger partial charge on any atom is -0.496 e. The molecule has 0 saturated heterocycles. The molecule has 180 valence electrons. The van der Waals surface area contributed by atoms with E-state index < -0.39 is 0 Å². The van der Waals surface area contributed by atoms with Crippen LogP contribution in [0, 0.1) is 0 Å². The molecule has 0 unspecified atom stereocenters. The number of carbonyl (C=O) groups is 1. The monoisotopic (exact) mass is 490 g/mol. The number of hydrogen-bond acceptors (Lipinski definition) is 5. The molecule has 1 amide bonds. The van der Waals surface area contributed by atoms with E-state index in [4.69, 9.17) is 25.9 Å². The smallest absolute Gasteiger partial charge is 0.274 e. The van der Waals surface area contributed by atoms with E-state index >= 15 is 0 Å². The van der Waals surface area contributed by atoms with Crippen LogP contribution < -0.4 is 4.74 Å². The molecule has 0 bridgehead atoms. The lowest BCUT2D eigenvalue weighted by Crippen LogP contribution is -2.43. The summed E-state index contributed by atoms with van der Waals surface area (Å²) in [6.45, 7) is 6.02. The van der Waals surface area contributed by atoms with Crippen molar-refractivity contribution in [2.45, 2.75) is 39.2 Å². The van der Waals surface area contributed by atoms with Crippen LogP contribution in [0.15, 0.2) is 53.3 Å². The van der Waals surface area contributed by atoms with Crippen LogP contribution in [0.1, 0.15) is 42.4 Å². The first-order valence-electron chi connectivity index (χ1n) is 11.5. The average Bonchev–Trinajstić information content (AvgIpc) is 3.50. The normalized spacial score (nSPS) is 12.7. The Bertz CT molecular complexity index is 1420. The maximum Gasteiger partial charge on any atom is 0.274 e. The molecule has 0 fully saturated rings. The minimum absolute atomic E-state index is 0.121. The van der Waals surface area contributed by atoms with Gasteiger partial charge in [0.15, 0.2) is 5.69 Å². The van der Waals surface area contributed by atoms with Crippen molar-refractivity contribution in [3.05, 3.63) is 70.7 Å². The molecule has 4 aromatic rings. The third kappa shape index (κ3) is 3.90. The van der Waals surface area contributed by atoms with Gasteiger partial charge in [-0.15, -0.1) is 0 Å². The number of benzene rings is 2. The van der Waals surface area contributed by atoms with E-state index in [1.54, 1.807) is 22.9 Å². The predicted molar refractivity (Wildman–Crippen MR) is 135 cm³/mol. The summed E-state index contributed by atoms with van der Waals surface area (Å²) in [5.74, 6) is 1.02. The zero-order valence-electron chi connectivity index (χ0n) is 20.4. The van der Waals surface area contributed by atoms with Gasteiger partial charge in [0.25, 0.3) is 5.91 Å². The van der Waals surface area contributed by atoms with Crippen molar-refractivity contribution in [2.24, 2.45) is 0 Å². The van der Waals surface area contributed by atoms with E-state index in [-0.39, 0.29) is 11.4 Å². The molecule has 2 aromatic heterocycles. The van der Waals surface area contributed by atoms with Gasteiger partial charge in [-0.2, -0.15) is 5.10 Å². The third-order valence-corrected chi connectivity index (χ3v) is 6.88. The van der Waals surface area contributed by atoms with Gasteiger partial charge in [-0.25, -0.2) is 9.67 Å². The van der Waals surface area contributed by atoms with Gasteiger partial charge in [0.1, 0.15) is 12.0 Å². The molecular formula is C27H27ClN4O3. The molecule has 35 heavy (non-hydrogen) atoms. The molecule has 0 radical (unpaired) electrons. The maximum atomic E-state index is 13.6. The first-order chi connectivity index (χ1) is 16.7. The van der Waals surface area contributed by atoms with Gasteiger partial charge in [0.05, 0.1) is 35.3 Å². The Balaban J connectivity index is 1.79. The molecule has 2 heterocycles. The van der Waals surface area contributed by atoms with Crippen molar-refractivity contribution in [1.82, 2.24) is 19.7 Å². The molecule has 0 N–H and O–H groups in total. The van der Waals surface area contributed by atoms with Gasteiger partial charge in [0, 0.05) is 23.7 Å². The number of methoxy groups -OCH3 is 1. The van der Waals surface area contributed by atoms with Crippen LogP contribution in [-0.2, 0) is 12.8 Å². The number of oxazole rings is 1. The van der Waals surface area contributed by atoms with Crippen LogP contribution in [0.3, 0.4) is 0 Å². The van der Waals surface area contributed by atoms with E-state index in [1.165, 1.54) is 6.26 Å². The van der Waals surface area contributed by atoms with Crippen molar-refractivity contribution in [3.63, 3.8) is 0 Å². The molecule has 0 atom stereocenters. The average molecular weight is 491 g/mol. The SMILES string of the molecule is COc1cc2c(cc1-c1ncco1)-c1c(c(C(=O)N(C)C(C)(C)C)nn1-c1ccccc1Cl)CC2. The lowest BCUT2D eigenvalue weighted by molar-refractivity contribution is 0.0648. The Kier molecular flexibility index (Phi) is 5.68. The Morgan fingerprint density at radius 2 is 1.94 bits per heavy atom. The van der Waals surface area contributed by atoms with E-state index in [0.717, 1.165) is 34.4 Å². The Morgan fingerprint density at radius 3 is 2.60 bits per heavy atom. The lowest BCUT2D eigenvalue weighted by atomic mass is 9.87. The summed E-state index contributed by atoms with van der Waals surface area (Å²) in [4.78, 5) is 19.7. The standard InChI is InChI=1S/C27H27ClN4O3/c1-27(2,3)31(4)26(33)23-17-11-10-16-14-22(34-5)19(25-29-12-13-35-25)15-18(16)24(17)32(30-23)21-9-7-6-8-20(21)28/h6-9,12-15H,10-11H2,1-5H3. The molecule has 0 saturated carbocycles. The molecule has 8 heteroatoms. The van der Waals surface area contributed by atoms with Crippen LogP contribution in [0.4, 0.5) is 0 Å². The molecule has 7 nitrogen and oxygen atoms in total. The first kappa shape index (κ1) is 23.2. The highest BCUT2D eigenvalue weighted by Crippen LogP contribution is 2.43. The molecular weight excluding hydrogens is 464 g/mol. The maximum absolute atomic E-state index is 13.6. The van der Waals surface area contributed by atoms with E-state index in [0.29, 0.717) is 34.5 Å². The number of nitrogens with zero attached hydrogens (tertiary/aromatic N) is 4. The van der Waals surface area contributed by atoms with Gasteiger partial charge in [0.2, 0.25) is 5.89 Å². The lowest BCUT2D eigenvalue weighted by Gasteiger charge is -2.31. The van der Waals surface area contributed by atoms with Crippen molar-refractivity contribution in [3.8, 4) is 34.1 Å². The third-order valence-electron chi connectivity index (χ3n) is 6.57. The number of hydrogen-bond donors (Lipinski definition) is 0. The second-order valence-corrected chi connectivity index (χ2v) is 10.0. The fourth-order valence-electron chi connectivity index (χ4n) is 4.40. The number of aromatic nitrogens is 3. The number of amides is 1. The van der Waals surface area contributed by atoms with Gasteiger partial charge in [-0.3, -0.25) is 4.79 Å². The Hall–Kier alpha value is -3.58. The largest absolute Gasteiger partial charge is 0.496 e. The molecule has 1 aliphatic carbocycles. The predicted octanol–water partition coefficient (Wildman–Crippen LogP) is 5.83.